The van der Waals surface area contributed by atoms with Gasteiger partial charge in [-0.2, -0.15) is 0 Å². The van der Waals surface area contributed by atoms with Crippen molar-refractivity contribution in [2.24, 2.45) is 0 Å². The second kappa shape index (κ2) is 8.41. The molecule has 0 saturated carbocycles. The van der Waals surface area contributed by atoms with Crippen LogP contribution in [-0.4, -0.2) is 23.5 Å². The molecule has 0 aliphatic rings. The molecule has 0 aliphatic heterocycles. The van der Waals surface area contributed by atoms with E-state index in [0.29, 0.717) is 5.56 Å². The Morgan fingerprint density at radius 2 is 1.93 bits per heavy atom. The summed E-state index contributed by atoms with van der Waals surface area (Å²) in [6.07, 6.45) is 1.39. The number of benzene rings is 1. The van der Waals surface area contributed by atoms with Gasteiger partial charge in [-0.3, -0.25) is 9.59 Å². The highest BCUT2D eigenvalue weighted by Crippen LogP contribution is 2.26. The van der Waals surface area contributed by atoms with E-state index in [4.69, 9.17) is 4.74 Å². The first-order chi connectivity index (χ1) is 13.0. The van der Waals surface area contributed by atoms with Gasteiger partial charge >= 0.3 is 5.97 Å². The number of halogens is 1. The second-order valence-electron chi connectivity index (χ2n) is 5.56. The minimum absolute atomic E-state index is 0.182. The molecule has 2 aromatic heterocycles. The van der Waals surface area contributed by atoms with Crippen LogP contribution in [0.5, 0.6) is 0 Å². The highest BCUT2D eigenvalue weighted by molar-refractivity contribution is 7.10. The zero-order valence-corrected chi connectivity index (χ0v) is 14.8. The van der Waals surface area contributed by atoms with Crippen molar-refractivity contribution in [1.29, 1.82) is 0 Å². The number of rotatable bonds is 6. The number of nitrogens with one attached hydrogen (secondary N) is 2. The minimum atomic E-state index is -0.888. The number of ether oxygens (including phenoxy) is 1. The van der Waals surface area contributed by atoms with Gasteiger partial charge in [0.15, 0.2) is 6.61 Å². The fraction of sp³-hybridized carbons (Fsp3) is 0.105. The molecular formula is C19H15FN2O4S. The summed E-state index contributed by atoms with van der Waals surface area (Å²) in [5.74, 6) is -1.81. The molecule has 6 nitrogen and oxygen atoms in total. The lowest BCUT2D eigenvalue weighted by molar-refractivity contribution is -0.124. The standard InChI is InChI=1S/C19H15FN2O4S/c20-13-7-5-12(6-8-13)17(15-4-2-10-27-15)22-16(23)11-26-19(25)14-3-1-9-21-18(14)24/h1-10,17H,11H2,(H,21,24)(H,22,23)/t17-/m0/s1. The Hall–Kier alpha value is -3.26. The number of aromatic amines is 1. The van der Waals surface area contributed by atoms with Crippen LogP contribution in [0.15, 0.2) is 64.9 Å². The van der Waals surface area contributed by atoms with Crippen LogP contribution in [-0.2, 0) is 9.53 Å². The van der Waals surface area contributed by atoms with Crippen LogP contribution in [0, 0.1) is 5.82 Å². The molecule has 1 aromatic carbocycles. The largest absolute Gasteiger partial charge is 0.452 e. The quantitative estimate of drug-likeness (QED) is 0.638. The minimum Gasteiger partial charge on any atom is -0.452 e. The third kappa shape index (κ3) is 4.68. The number of hydrogen-bond acceptors (Lipinski definition) is 5. The molecule has 2 heterocycles. The Morgan fingerprint density at radius 3 is 2.59 bits per heavy atom. The maximum Gasteiger partial charge on any atom is 0.344 e. The van der Waals surface area contributed by atoms with E-state index >= 15 is 0 Å². The Balaban J connectivity index is 1.68. The van der Waals surface area contributed by atoms with E-state index in [-0.39, 0.29) is 11.4 Å². The lowest BCUT2D eigenvalue weighted by Crippen LogP contribution is -2.33. The number of hydrogen-bond donors (Lipinski definition) is 2. The number of amides is 1. The summed E-state index contributed by atoms with van der Waals surface area (Å²) in [5, 5.41) is 4.62. The first-order valence-electron chi connectivity index (χ1n) is 7.97. The first kappa shape index (κ1) is 18.5. The second-order valence-corrected chi connectivity index (χ2v) is 6.54. The molecule has 0 radical (unpaired) electrons. The van der Waals surface area contributed by atoms with Crippen molar-refractivity contribution >= 4 is 23.2 Å². The lowest BCUT2D eigenvalue weighted by atomic mass is 10.1. The van der Waals surface area contributed by atoms with Crippen molar-refractivity contribution in [1.82, 2.24) is 10.3 Å². The summed E-state index contributed by atoms with van der Waals surface area (Å²) < 4.78 is 18.1. The smallest absolute Gasteiger partial charge is 0.344 e. The van der Waals surface area contributed by atoms with E-state index in [1.165, 1.54) is 41.8 Å². The van der Waals surface area contributed by atoms with Gasteiger partial charge in [-0.05, 0) is 41.3 Å². The zero-order chi connectivity index (χ0) is 19.2. The van der Waals surface area contributed by atoms with Crippen LogP contribution in [0.1, 0.15) is 26.8 Å². The van der Waals surface area contributed by atoms with E-state index in [2.05, 4.69) is 10.3 Å². The molecule has 138 valence electrons. The maximum absolute atomic E-state index is 13.2. The van der Waals surface area contributed by atoms with Gasteiger partial charge in [-0.15, -0.1) is 11.3 Å². The van der Waals surface area contributed by atoms with Crippen molar-refractivity contribution in [3.05, 3.63) is 92.3 Å². The fourth-order valence-corrected chi connectivity index (χ4v) is 3.23. The SMILES string of the molecule is O=C(COC(=O)c1ccc[nH]c1=O)N[C@@H](c1ccc(F)cc1)c1cccs1. The molecule has 1 atom stereocenters. The van der Waals surface area contributed by atoms with Gasteiger partial charge in [0.2, 0.25) is 0 Å². The summed E-state index contributed by atoms with van der Waals surface area (Å²) in [5.41, 5.74) is -0.0812. The van der Waals surface area contributed by atoms with Gasteiger partial charge in [0, 0.05) is 11.1 Å². The van der Waals surface area contributed by atoms with Gasteiger partial charge in [0.25, 0.3) is 11.5 Å². The van der Waals surface area contributed by atoms with Crippen LogP contribution >= 0.6 is 11.3 Å². The normalized spacial score (nSPS) is 11.6. The fourth-order valence-electron chi connectivity index (χ4n) is 2.42. The number of thiophene rings is 1. The molecule has 3 aromatic rings. The summed E-state index contributed by atoms with van der Waals surface area (Å²) in [6.45, 7) is -0.545. The molecular weight excluding hydrogens is 371 g/mol. The summed E-state index contributed by atoms with van der Waals surface area (Å²) in [7, 11) is 0. The van der Waals surface area contributed by atoms with E-state index in [1.54, 1.807) is 12.1 Å². The van der Waals surface area contributed by atoms with E-state index in [1.807, 2.05) is 17.5 Å². The van der Waals surface area contributed by atoms with Crippen molar-refractivity contribution in [3.63, 3.8) is 0 Å². The highest BCUT2D eigenvalue weighted by atomic mass is 32.1. The molecule has 1 amide bonds. The van der Waals surface area contributed by atoms with E-state index < -0.39 is 30.1 Å². The summed E-state index contributed by atoms with van der Waals surface area (Å²) in [4.78, 5) is 39.0. The average Bonchev–Trinajstić information content (AvgIpc) is 3.20. The number of carbonyl (C=O) groups is 2. The van der Waals surface area contributed by atoms with Crippen LogP contribution in [0.2, 0.25) is 0 Å². The third-order valence-electron chi connectivity index (χ3n) is 3.71. The molecule has 0 bridgehead atoms. The molecule has 8 heteroatoms. The molecule has 0 unspecified atom stereocenters. The third-order valence-corrected chi connectivity index (χ3v) is 4.65. The Morgan fingerprint density at radius 1 is 1.15 bits per heavy atom. The van der Waals surface area contributed by atoms with Crippen LogP contribution in [0.3, 0.4) is 0 Å². The predicted molar refractivity (Wildman–Crippen MR) is 98.0 cm³/mol. The monoisotopic (exact) mass is 386 g/mol. The van der Waals surface area contributed by atoms with E-state index in [9.17, 15) is 18.8 Å². The van der Waals surface area contributed by atoms with Crippen LogP contribution in [0.25, 0.3) is 0 Å². The van der Waals surface area contributed by atoms with Crippen molar-refractivity contribution in [2.75, 3.05) is 6.61 Å². The van der Waals surface area contributed by atoms with E-state index in [0.717, 1.165) is 4.88 Å². The van der Waals surface area contributed by atoms with Gasteiger partial charge in [0.1, 0.15) is 11.4 Å². The van der Waals surface area contributed by atoms with Crippen LogP contribution < -0.4 is 10.9 Å². The number of pyridine rings is 1. The molecule has 0 saturated heterocycles. The Kier molecular flexibility index (Phi) is 5.77. The topological polar surface area (TPSA) is 88.3 Å². The lowest BCUT2D eigenvalue weighted by Gasteiger charge is -2.18. The number of carbonyl (C=O) groups excluding carboxylic acids is 2. The van der Waals surface area contributed by atoms with Gasteiger partial charge in [0.05, 0.1) is 6.04 Å². The highest BCUT2D eigenvalue weighted by Gasteiger charge is 2.20. The van der Waals surface area contributed by atoms with Crippen molar-refractivity contribution < 1.29 is 18.7 Å². The maximum atomic E-state index is 13.2. The van der Waals surface area contributed by atoms with Gasteiger partial charge in [-0.25, -0.2) is 9.18 Å². The van der Waals surface area contributed by atoms with Crippen LogP contribution in [0.4, 0.5) is 4.39 Å². The first-order valence-corrected chi connectivity index (χ1v) is 8.85. The molecule has 0 fully saturated rings. The Labute approximate surface area is 157 Å². The number of esters is 1. The van der Waals surface area contributed by atoms with Gasteiger partial charge in [-0.1, -0.05) is 18.2 Å². The molecule has 0 aliphatic carbocycles. The summed E-state index contributed by atoms with van der Waals surface area (Å²) >= 11 is 1.43. The summed E-state index contributed by atoms with van der Waals surface area (Å²) in [6, 6.07) is 11.8. The molecule has 27 heavy (non-hydrogen) atoms. The van der Waals surface area contributed by atoms with Crippen molar-refractivity contribution in [2.45, 2.75) is 6.04 Å². The molecule has 0 spiro atoms. The Bertz CT molecular complexity index is 983. The number of aromatic nitrogens is 1. The molecule has 3 rings (SSSR count). The zero-order valence-electron chi connectivity index (χ0n) is 14.0. The van der Waals surface area contributed by atoms with Gasteiger partial charge < -0.3 is 15.0 Å². The predicted octanol–water partition coefficient (Wildman–Crippen LogP) is 2.64. The van der Waals surface area contributed by atoms with Crippen molar-refractivity contribution in [3.8, 4) is 0 Å². The molecule has 2 N–H and O–H groups in total. The average molecular weight is 386 g/mol. The number of H-pyrrole nitrogens is 1.